The summed E-state index contributed by atoms with van der Waals surface area (Å²) in [5.74, 6) is -3.14. The number of aliphatic hydroxyl groups is 6. The second kappa shape index (κ2) is 30.8. The molecule has 0 aliphatic carbocycles. The van der Waals surface area contributed by atoms with Crippen LogP contribution in [0.3, 0.4) is 0 Å². The second-order valence-corrected chi connectivity index (χ2v) is 12.8. The van der Waals surface area contributed by atoms with E-state index in [2.05, 4.69) is 26.0 Å². The van der Waals surface area contributed by atoms with Crippen LogP contribution in [0.1, 0.15) is 162 Å². The molecule has 6 N–H and O–H groups in total. The Bertz CT molecular complexity index is 746. The van der Waals surface area contributed by atoms with E-state index in [-0.39, 0.29) is 12.8 Å². The third-order valence-electron chi connectivity index (χ3n) is 8.57. The van der Waals surface area contributed by atoms with Crippen molar-refractivity contribution in [3.05, 3.63) is 12.2 Å². The van der Waals surface area contributed by atoms with Gasteiger partial charge in [0.05, 0.1) is 25.0 Å². The predicted octanol–water partition coefficient (Wildman–Crippen LogP) is 5.97. The molecule has 0 amide bonds. The lowest BCUT2D eigenvalue weighted by molar-refractivity contribution is -0.266. The van der Waals surface area contributed by atoms with Gasteiger partial charge in [0.1, 0.15) is 24.4 Å². The van der Waals surface area contributed by atoms with Crippen molar-refractivity contribution in [2.75, 3.05) is 6.61 Å². The number of carbonyl (C=O) groups excluding carboxylic acids is 2. The fourth-order valence-corrected chi connectivity index (χ4v) is 5.43. The van der Waals surface area contributed by atoms with Gasteiger partial charge < -0.3 is 30.6 Å². The predicted molar refractivity (Wildman–Crippen MR) is 179 cm³/mol. The fourth-order valence-electron chi connectivity index (χ4n) is 5.43. The van der Waals surface area contributed by atoms with E-state index in [1.165, 1.54) is 51.4 Å². The summed E-state index contributed by atoms with van der Waals surface area (Å²) in [6.45, 7) is 3.50. The van der Waals surface area contributed by atoms with Gasteiger partial charge in [0, 0.05) is 0 Å². The summed E-state index contributed by atoms with van der Waals surface area (Å²) in [5.41, 5.74) is 0. The van der Waals surface area contributed by atoms with Crippen LogP contribution in [0.5, 0.6) is 0 Å². The monoisotopic (exact) mass is 660 g/mol. The summed E-state index contributed by atoms with van der Waals surface area (Å²) in [5, 5.41) is 60.0. The molecule has 10 nitrogen and oxygen atoms in total. The minimum atomic E-state index is -2.05. The van der Waals surface area contributed by atoms with Crippen LogP contribution in [0.15, 0.2) is 12.2 Å². The van der Waals surface area contributed by atoms with Crippen LogP contribution in [0.2, 0.25) is 0 Å². The Morgan fingerprint density at radius 3 is 1.48 bits per heavy atom. The van der Waals surface area contributed by atoms with Crippen molar-refractivity contribution in [1.29, 1.82) is 0 Å². The first-order valence-electron chi connectivity index (χ1n) is 18.3. The average Bonchev–Trinajstić information content (AvgIpc) is 3.06. The van der Waals surface area contributed by atoms with Gasteiger partial charge in [0.25, 0.3) is 0 Å². The van der Waals surface area contributed by atoms with Crippen molar-refractivity contribution in [2.24, 2.45) is 5.92 Å². The van der Waals surface area contributed by atoms with E-state index in [1.807, 2.05) is 0 Å². The lowest BCUT2D eigenvalue weighted by Crippen LogP contribution is -2.52. The summed E-state index contributed by atoms with van der Waals surface area (Å²) in [7, 11) is 0. The van der Waals surface area contributed by atoms with Crippen LogP contribution in [-0.4, -0.2) is 79.7 Å². The molecule has 0 aromatic rings. The van der Waals surface area contributed by atoms with E-state index >= 15 is 0 Å². The van der Waals surface area contributed by atoms with Gasteiger partial charge in [0.15, 0.2) is 0 Å². The van der Waals surface area contributed by atoms with E-state index < -0.39 is 55.0 Å². The first-order chi connectivity index (χ1) is 22.2. The third kappa shape index (κ3) is 22.9. The number of rotatable bonds is 31. The standard InChI is InChI=1S/C36H68O10/c1-3-5-7-9-11-13-14-15-16-17-18-19-21-23-25-27-31(39)45-46-36(44)29(26-24-22-20-12-10-8-6-4-2)32(40)34(42)35(43)33(41)30(38)28-37/h15-16,29-30,32-35,37-38,40-43H,3-14,17-28H2,1-2H3/b16-15-/t29?,30-,32?,33+,34+,35-/m0/s1. The van der Waals surface area contributed by atoms with Crippen molar-refractivity contribution in [3.8, 4) is 0 Å². The smallest absolute Gasteiger partial charge is 0.361 e. The molecule has 10 heteroatoms. The second-order valence-electron chi connectivity index (χ2n) is 12.8. The van der Waals surface area contributed by atoms with Crippen molar-refractivity contribution < 1.29 is 50.0 Å². The average molecular weight is 661 g/mol. The van der Waals surface area contributed by atoms with E-state index in [0.29, 0.717) is 12.8 Å². The summed E-state index contributed by atoms with van der Waals surface area (Å²) < 4.78 is 0. The Morgan fingerprint density at radius 2 is 0.978 bits per heavy atom. The summed E-state index contributed by atoms with van der Waals surface area (Å²) >= 11 is 0. The van der Waals surface area contributed by atoms with Gasteiger partial charge in [-0.2, -0.15) is 0 Å². The summed E-state index contributed by atoms with van der Waals surface area (Å²) in [6, 6.07) is 0. The van der Waals surface area contributed by atoms with Crippen molar-refractivity contribution in [1.82, 2.24) is 0 Å². The molecule has 0 saturated carbocycles. The van der Waals surface area contributed by atoms with Gasteiger partial charge in [-0.3, -0.25) is 0 Å². The molecule has 0 aromatic carbocycles. The molecule has 0 spiro atoms. The number of carbonyl (C=O) groups is 2. The molecule has 0 fully saturated rings. The van der Waals surface area contributed by atoms with E-state index in [4.69, 9.17) is 14.9 Å². The zero-order valence-corrected chi connectivity index (χ0v) is 28.9. The number of aliphatic hydroxyl groups excluding tert-OH is 6. The lowest BCUT2D eigenvalue weighted by Gasteiger charge is -2.31. The molecule has 0 saturated heterocycles. The van der Waals surface area contributed by atoms with Gasteiger partial charge >= 0.3 is 11.9 Å². The quantitative estimate of drug-likeness (QED) is 0.0225. The van der Waals surface area contributed by atoms with Crippen molar-refractivity contribution in [3.63, 3.8) is 0 Å². The number of allylic oxidation sites excluding steroid dienone is 2. The highest BCUT2D eigenvalue weighted by Crippen LogP contribution is 2.23. The molecule has 0 heterocycles. The topological polar surface area (TPSA) is 174 Å². The van der Waals surface area contributed by atoms with Gasteiger partial charge in [-0.25, -0.2) is 19.4 Å². The van der Waals surface area contributed by atoms with E-state index in [9.17, 15) is 35.1 Å². The minimum Gasteiger partial charge on any atom is -0.394 e. The maximum Gasteiger partial charge on any atom is 0.361 e. The van der Waals surface area contributed by atoms with Crippen LogP contribution in [0.4, 0.5) is 0 Å². The Kier molecular flexibility index (Phi) is 29.7. The Morgan fingerprint density at radius 1 is 0.543 bits per heavy atom. The molecular formula is C36H68O10. The zero-order chi connectivity index (χ0) is 34.4. The summed E-state index contributed by atoms with van der Waals surface area (Å²) in [6.07, 6.45) is 17.6. The number of unbranched alkanes of at least 4 members (excludes halogenated alkanes) is 18. The van der Waals surface area contributed by atoms with Crippen LogP contribution in [0.25, 0.3) is 0 Å². The van der Waals surface area contributed by atoms with Crippen LogP contribution < -0.4 is 0 Å². The highest BCUT2D eigenvalue weighted by molar-refractivity contribution is 5.75. The third-order valence-corrected chi connectivity index (χ3v) is 8.57. The van der Waals surface area contributed by atoms with E-state index in [0.717, 1.165) is 70.6 Å². The molecule has 2 unspecified atom stereocenters. The molecule has 0 rings (SSSR count). The first kappa shape index (κ1) is 44.4. The normalized spacial score (nSPS) is 15.7. The van der Waals surface area contributed by atoms with Crippen molar-refractivity contribution in [2.45, 2.75) is 192 Å². The number of hydrogen-bond donors (Lipinski definition) is 6. The Labute approximate surface area is 278 Å². The zero-order valence-electron chi connectivity index (χ0n) is 28.9. The minimum absolute atomic E-state index is 0.0727. The highest BCUT2D eigenvalue weighted by atomic mass is 17.2. The molecule has 0 radical (unpaired) electrons. The molecule has 46 heavy (non-hydrogen) atoms. The molecule has 0 bridgehead atoms. The lowest BCUT2D eigenvalue weighted by atomic mass is 9.88. The fraction of sp³-hybridized carbons (Fsp3) is 0.889. The Balaban J connectivity index is 4.50. The largest absolute Gasteiger partial charge is 0.394 e. The van der Waals surface area contributed by atoms with Gasteiger partial charge in [0.2, 0.25) is 0 Å². The van der Waals surface area contributed by atoms with Crippen LogP contribution in [0, 0.1) is 5.92 Å². The molecule has 272 valence electrons. The van der Waals surface area contributed by atoms with Gasteiger partial charge in [-0.1, -0.05) is 129 Å². The van der Waals surface area contributed by atoms with Crippen molar-refractivity contribution >= 4 is 11.9 Å². The summed E-state index contributed by atoms with van der Waals surface area (Å²) in [4.78, 5) is 34.4. The van der Waals surface area contributed by atoms with Gasteiger partial charge in [-0.15, -0.1) is 0 Å². The SMILES string of the molecule is CCCCCCCC/C=C\CCCCCCCC(=O)OOC(=O)C(CCCCCCCCCC)C(O)[C@@H](O)[C@@H](O)[C@H](O)[C@@H](O)CO. The van der Waals surface area contributed by atoms with E-state index in [1.54, 1.807) is 0 Å². The first-order valence-corrected chi connectivity index (χ1v) is 18.3. The molecule has 0 aromatic heterocycles. The maximum atomic E-state index is 12.8. The molecule has 6 atom stereocenters. The maximum absolute atomic E-state index is 12.8. The highest BCUT2D eigenvalue weighted by Gasteiger charge is 2.41. The van der Waals surface area contributed by atoms with Gasteiger partial charge in [-0.05, 0) is 38.5 Å². The number of hydrogen-bond acceptors (Lipinski definition) is 10. The molecule has 0 aliphatic heterocycles. The molecule has 0 aliphatic rings. The molecular weight excluding hydrogens is 592 g/mol. The Hall–Kier alpha value is -1.56. The van der Waals surface area contributed by atoms with Crippen LogP contribution >= 0.6 is 0 Å². The van der Waals surface area contributed by atoms with Crippen LogP contribution in [-0.2, 0) is 19.4 Å².